The molecule has 21 heavy (non-hydrogen) atoms. The summed E-state index contributed by atoms with van der Waals surface area (Å²) in [6.45, 7) is 3.45. The molecule has 2 fully saturated rings. The van der Waals surface area contributed by atoms with E-state index in [1.54, 1.807) is 0 Å². The highest BCUT2D eigenvalue weighted by Gasteiger charge is 2.34. The summed E-state index contributed by atoms with van der Waals surface area (Å²) in [5.74, 6) is 3.12. The van der Waals surface area contributed by atoms with Crippen molar-refractivity contribution in [3.05, 3.63) is 11.4 Å². The zero-order chi connectivity index (χ0) is 14.9. The Morgan fingerprint density at radius 2 is 1.90 bits per heavy atom. The Hall–Kier alpha value is -1.40. The van der Waals surface area contributed by atoms with Crippen molar-refractivity contribution in [3.63, 3.8) is 0 Å². The second kappa shape index (κ2) is 5.77. The molecule has 2 aliphatic rings. The van der Waals surface area contributed by atoms with Crippen LogP contribution in [0.4, 0.5) is 11.6 Å². The first kappa shape index (κ1) is 14.5. The predicted octanol–water partition coefficient (Wildman–Crippen LogP) is 1.66. The van der Waals surface area contributed by atoms with Crippen LogP contribution in [0.5, 0.6) is 0 Å². The van der Waals surface area contributed by atoms with Gasteiger partial charge in [-0.1, -0.05) is 0 Å². The topological polar surface area (TPSA) is 79.3 Å². The van der Waals surface area contributed by atoms with Crippen LogP contribution >= 0.6 is 0 Å². The fraction of sp³-hybridized carbons (Fsp3) is 0.733. The number of aliphatic hydroxyl groups excluding tert-OH is 1. The molecule has 6 heteroatoms. The number of nitrogens with zero attached hydrogens (tertiary/aromatic N) is 2. The Bertz CT molecular complexity index is 511. The lowest BCUT2D eigenvalue weighted by atomic mass is 9.91. The molecule has 1 aromatic heterocycles. The van der Waals surface area contributed by atoms with Crippen molar-refractivity contribution in [1.82, 2.24) is 9.97 Å². The summed E-state index contributed by atoms with van der Waals surface area (Å²) in [6.07, 6.45) is 3.93. The Kier molecular flexibility index (Phi) is 3.99. The molecule has 0 unspecified atom stereocenters. The average molecular weight is 292 g/mol. The largest absolute Gasteiger partial charge is 0.394 e. The van der Waals surface area contributed by atoms with Crippen LogP contribution in [0.2, 0.25) is 0 Å². The summed E-state index contributed by atoms with van der Waals surface area (Å²) in [5, 5.41) is 16.5. The van der Waals surface area contributed by atoms with E-state index in [4.69, 9.17) is 9.72 Å². The number of ether oxygens (including phenoxy) is 1. The number of aliphatic hydroxyl groups is 1. The third-order valence-electron chi connectivity index (χ3n) is 4.48. The lowest BCUT2D eigenvalue weighted by Gasteiger charge is -2.37. The first-order valence-electron chi connectivity index (χ1n) is 7.70. The van der Waals surface area contributed by atoms with Crippen LogP contribution < -0.4 is 10.6 Å². The number of hydrogen-bond acceptors (Lipinski definition) is 6. The highest BCUT2D eigenvalue weighted by atomic mass is 16.5. The number of nitrogens with one attached hydrogen (secondary N) is 2. The summed E-state index contributed by atoms with van der Waals surface area (Å²) in [6, 6.07) is 0. The molecule has 6 nitrogen and oxygen atoms in total. The van der Waals surface area contributed by atoms with Gasteiger partial charge in [0, 0.05) is 31.7 Å². The minimum Gasteiger partial charge on any atom is -0.394 e. The van der Waals surface area contributed by atoms with Gasteiger partial charge in [0.05, 0.1) is 12.1 Å². The van der Waals surface area contributed by atoms with Gasteiger partial charge in [-0.3, -0.25) is 0 Å². The molecule has 3 N–H and O–H groups in total. The van der Waals surface area contributed by atoms with Crippen LogP contribution in [0.25, 0.3) is 0 Å². The van der Waals surface area contributed by atoms with Crippen molar-refractivity contribution in [2.24, 2.45) is 0 Å². The molecule has 0 radical (unpaired) electrons. The van der Waals surface area contributed by atoms with Crippen molar-refractivity contribution in [3.8, 4) is 0 Å². The van der Waals surface area contributed by atoms with Gasteiger partial charge in [-0.25, -0.2) is 9.97 Å². The van der Waals surface area contributed by atoms with Gasteiger partial charge >= 0.3 is 0 Å². The molecule has 116 valence electrons. The molecule has 0 aromatic carbocycles. The Morgan fingerprint density at radius 1 is 1.24 bits per heavy atom. The zero-order valence-corrected chi connectivity index (χ0v) is 12.8. The molecule has 1 aliphatic heterocycles. The summed E-state index contributed by atoms with van der Waals surface area (Å²) < 4.78 is 5.42. The minimum atomic E-state index is -0.330. The quantitative estimate of drug-likeness (QED) is 0.766. The normalized spacial score (nSPS) is 21.1. The summed E-state index contributed by atoms with van der Waals surface area (Å²) in [4.78, 5) is 9.32. The van der Waals surface area contributed by atoms with Crippen molar-refractivity contribution >= 4 is 11.6 Å². The molecule has 1 aliphatic carbocycles. The molecule has 2 heterocycles. The maximum atomic E-state index is 9.83. The van der Waals surface area contributed by atoms with Crippen LogP contribution in [0.15, 0.2) is 0 Å². The van der Waals surface area contributed by atoms with E-state index in [1.165, 1.54) is 12.8 Å². The van der Waals surface area contributed by atoms with E-state index < -0.39 is 0 Å². The van der Waals surface area contributed by atoms with Crippen LogP contribution in [0, 0.1) is 6.92 Å². The molecular formula is C15H24N4O2. The standard InChI is InChI=1S/C15H24N4O2/c1-10-12(16-2)17-14(11-3-4-11)18-13(10)19-15(9-20)5-7-21-8-6-15/h11,20H,3-9H2,1-2H3,(H2,16,17,18,19). The summed E-state index contributed by atoms with van der Waals surface area (Å²) in [5.41, 5.74) is 0.671. The van der Waals surface area contributed by atoms with Crippen LogP contribution in [-0.4, -0.2) is 47.5 Å². The maximum Gasteiger partial charge on any atom is 0.136 e. The van der Waals surface area contributed by atoms with E-state index in [1.807, 2.05) is 14.0 Å². The van der Waals surface area contributed by atoms with Gasteiger partial charge in [0.2, 0.25) is 0 Å². The van der Waals surface area contributed by atoms with Gasteiger partial charge in [0.1, 0.15) is 17.5 Å². The van der Waals surface area contributed by atoms with Gasteiger partial charge in [-0.15, -0.1) is 0 Å². The number of hydrogen-bond donors (Lipinski definition) is 3. The lowest BCUT2D eigenvalue weighted by Crippen LogP contribution is -2.47. The molecule has 0 spiro atoms. The maximum absolute atomic E-state index is 9.83. The van der Waals surface area contributed by atoms with Crippen LogP contribution in [-0.2, 0) is 4.74 Å². The molecule has 1 saturated carbocycles. The Balaban J connectivity index is 1.90. The smallest absolute Gasteiger partial charge is 0.136 e. The summed E-state index contributed by atoms with van der Waals surface area (Å²) in [7, 11) is 1.88. The van der Waals surface area contributed by atoms with Crippen molar-refractivity contribution < 1.29 is 9.84 Å². The van der Waals surface area contributed by atoms with E-state index >= 15 is 0 Å². The third-order valence-corrected chi connectivity index (χ3v) is 4.48. The highest BCUT2D eigenvalue weighted by Crippen LogP contribution is 2.40. The van der Waals surface area contributed by atoms with Gasteiger partial charge < -0.3 is 20.5 Å². The van der Waals surface area contributed by atoms with Gasteiger partial charge in [0.25, 0.3) is 0 Å². The molecule has 0 bridgehead atoms. The van der Waals surface area contributed by atoms with Crippen molar-refractivity contribution in [1.29, 1.82) is 0 Å². The molecule has 3 rings (SSSR count). The first-order valence-corrected chi connectivity index (χ1v) is 7.70. The second-order valence-electron chi connectivity index (χ2n) is 6.10. The molecule has 0 amide bonds. The van der Waals surface area contributed by atoms with Crippen molar-refractivity contribution in [2.75, 3.05) is 37.5 Å². The van der Waals surface area contributed by atoms with E-state index in [0.717, 1.165) is 35.9 Å². The van der Waals surface area contributed by atoms with E-state index in [9.17, 15) is 5.11 Å². The molecular weight excluding hydrogens is 268 g/mol. The second-order valence-corrected chi connectivity index (χ2v) is 6.10. The van der Waals surface area contributed by atoms with E-state index in [2.05, 4.69) is 15.6 Å². The molecule has 1 aromatic rings. The number of aromatic nitrogens is 2. The Labute approximate surface area is 125 Å². The number of anilines is 2. The number of rotatable bonds is 5. The van der Waals surface area contributed by atoms with Gasteiger partial charge in [-0.2, -0.15) is 0 Å². The fourth-order valence-corrected chi connectivity index (χ4v) is 2.76. The third kappa shape index (κ3) is 2.96. The molecule has 1 saturated heterocycles. The summed E-state index contributed by atoms with van der Waals surface area (Å²) >= 11 is 0. The SMILES string of the molecule is CNc1nc(C2CC2)nc(NC2(CO)CCOCC2)c1C. The van der Waals surface area contributed by atoms with Crippen LogP contribution in [0.1, 0.15) is 43.0 Å². The highest BCUT2D eigenvalue weighted by molar-refractivity contribution is 5.58. The average Bonchev–Trinajstić information content (AvgIpc) is 3.35. The predicted molar refractivity (Wildman–Crippen MR) is 81.8 cm³/mol. The zero-order valence-electron chi connectivity index (χ0n) is 12.8. The van der Waals surface area contributed by atoms with E-state index in [-0.39, 0.29) is 12.1 Å². The van der Waals surface area contributed by atoms with Crippen molar-refractivity contribution in [2.45, 2.75) is 44.1 Å². The minimum absolute atomic E-state index is 0.0907. The van der Waals surface area contributed by atoms with Crippen LogP contribution in [0.3, 0.4) is 0 Å². The molecule has 0 atom stereocenters. The lowest BCUT2D eigenvalue weighted by molar-refractivity contribution is 0.0378. The monoisotopic (exact) mass is 292 g/mol. The first-order chi connectivity index (χ1) is 10.2. The fourth-order valence-electron chi connectivity index (χ4n) is 2.76. The van der Waals surface area contributed by atoms with Gasteiger partial charge in [0.15, 0.2) is 0 Å². The Morgan fingerprint density at radius 3 is 2.48 bits per heavy atom. The van der Waals surface area contributed by atoms with E-state index in [0.29, 0.717) is 19.1 Å². The van der Waals surface area contributed by atoms with Gasteiger partial charge in [-0.05, 0) is 32.6 Å².